The molecule has 0 radical (unpaired) electrons. The van der Waals surface area contributed by atoms with Crippen LogP contribution in [0.15, 0.2) is 48.7 Å². The van der Waals surface area contributed by atoms with E-state index in [-0.39, 0.29) is 17.9 Å². The molecule has 1 amide bonds. The Balaban J connectivity index is 1.65. The number of carbonyl (C=O) groups is 1. The first-order valence-corrected chi connectivity index (χ1v) is 10.3. The first-order valence-electron chi connectivity index (χ1n) is 10.3. The molecule has 1 aromatic heterocycles. The molecular formula is C23H28N2O3. The summed E-state index contributed by atoms with van der Waals surface area (Å²) >= 11 is 0. The topological polar surface area (TPSA) is 62.7 Å². The molecule has 1 saturated heterocycles. The maximum atomic E-state index is 13.4. The normalized spacial score (nSPS) is 27.1. The Hall–Kier alpha value is -2.40. The summed E-state index contributed by atoms with van der Waals surface area (Å²) in [5.74, 6) is 0.406. The van der Waals surface area contributed by atoms with Crippen LogP contribution in [0.3, 0.4) is 0 Å². The molecule has 1 N–H and O–H groups in total. The maximum Gasteiger partial charge on any atom is 0.259 e. The van der Waals surface area contributed by atoms with Gasteiger partial charge in [0.15, 0.2) is 0 Å². The SMILES string of the molecule is CCOc1ncccc1C(=O)N1CCC(O)(c2ccccc2)[C@@H]2CCCC[C@@H]21. The van der Waals surface area contributed by atoms with Crippen molar-refractivity contribution in [3.63, 3.8) is 0 Å². The molecule has 0 bridgehead atoms. The summed E-state index contributed by atoms with van der Waals surface area (Å²) < 4.78 is 5.59. The Bertz CT molecular complexity index is 826. The van der Waals surface area contributed by atoms with Gasteiger partial charge in [-0.25, -0.2) is 4.98 Å². The zero-order chi connectivity index (χ0) is 19.6. The van der Waals surface area contributed by atoms with Crippen molar-refractivity contribution in [2.75, 3.05) is 13.2 Å². The van der Waals surface area contributed by atoms with Crippen molar-refractivity contribution in [3.05, 3.63) is 59.8 Å². The van der Waals surface area contributed by atoms with Crippen LogP contribution in [0.1, 0.15) is 54.9 Å². The highest BCUT2D eigenvalue weighted by Crippen LogP contribution is 2.47. The van der Waals surface area contributed by atoms with E-state index in [0.717, 1.165) is 31.2 Å². The van der Waals surface area contributed by atoms with Gasteiger partial charge < -0.3 is 14.7 Å². The Morgan fingerprint density at radius 1 is 1.21 bits per heavy atom. The highest BCUT2D eigenvalue weighted by Gasteiger charge is 2.50. The van der Waals surface area contributed by atoms with Gasteiger partial charge in [0.05, 0.1) is 12.2 Å². The summed E-state index contributed by atoms with van der Waals surface area (Å²) in [4.78, 5) is 19.6. The average Bonchev–Trinajstić information content (AvgIpc) is 2.75. The number of piperidine rings is 1. The van der Waals surface area contributed by atoms with E-state index in [1.807, 2.05) is 42.2 Å². The zero-order valence-corrected chi connectivity index (χ0v) is 16.4. The van der Waals surface area contributed by atoms with Gasteiger partial charge in [0.1, 0.15) is 5.56 Å². The lowest BCUT2D eigenvalue weighted by Crippen LogP contribution is -2.59. The third kappa shape index (κ3) is 3.28. The van der Waals surface area contributed by atoms with Crippen molar-refractivity contribution in [1.29, 1.82) is 0 Å². The minimum Gasteiger partial charge on any atom is -0.477 e. The third-order valence-electron chi connectivity index (χ3n) is 6.29. The first kappa shape index (κ1) is 18.9. The average molecular weight is 380 g/mol. The van der Waals surface area contributed by atoms with E-state index < -0.39 is 5.60 Å². The molecule has 3 atom stereocenters. The molecule has 1 aliphatic carbocycles. The number of carbonyl (C=O) groups excluding carboxylic acids is 1. The van der Waals surface area contributed by atoms with Gasteiger partial charge in [0, 0.05) is 24.7 Å². The van der Waals surface area contributed by atoms with Crippen LogP contribution in [-0.2, 0) is 5.60 Å². The van der Waals surface area contributed by atoms with Gasteiger partial charge in [0.2, 0.25) is 5.88 Å². The van der Waals surface area contributed by atoms with Gasteiger partial charge >= 0.3 is 0 Å². The first-order chi connectivity index (χ1) is 13.6. The predicted molar refractivity (Wildman–Crippen MR) is 107 cm³/mol. The molecule has 4 rings (SSSR count). The molecule has 5 nitrogen and oxygen atoms in total. The number of rotatable bonds is 4. The lowest BCUT2D eigenvalue weighted by atomic mass is 9.66. The fourth-order valence-electron chi connectivity index (χ4n) is 4.98. The number of hydrogen-bond donors (Lipinski definition) is 1. The van der Waals surface area contributed by atoms with Crippen LogP contribution in [0.5, 0.6) is 5.88 Å². The Kier molecular flexibility index (Phi) is 5.36. The highest BCUT2D eigenvalue weighted by molar-refractivity contribution is 5.96. The third-order valence-corrected chi connectivity index (χ3v) is 6.29. The van der Waals surface area contributed by atoms with Gasteiger partial charge in [-0.2, -0.15) is 0 Å². The van der Waals surface area contributed by atoms with Crippen molar-refractivity contribution in [2.24, 2.45) is 5.92 Å². The van der Waals surface area contributed by atoms with Crippen LogP contribution < -0.4 is 4.74 Å². The number of likely N-dealkylation sites (tertiary alicyclic amines) is 1. The van der Waals surface area contributed by atoms with Crippen LogP contribution in [0.25, 0.3) is 0 Å². The molecule has 0 spiro atoms. The van der Waals surface area contributed by atoms with E-state index in [9.17, 15) is 9.90 Å². The number of nitrogens with zero attached hydrogens (tertiary/aromatic N) is 2. The summed E-state index contributed by atoms with van der Waals surface area (Å²) in [6.45, 7) is 2.89. The van der Waals surface area contributed by atoms with E-state index in [4.69, 9.17) is 4.74 Å². The highest BCUT2D eigenvalue weighted by atomic mass is 16.5. The van der Waals surface area contributed by atoms with Crippen molar-refractivity contribution in [3.8, 4) is 5.88 Å². The molecule has 2 aromatic rings. The van der Waals surface area contributed by atoms with E-state index in [1.54, 1.807) is 18.3 Å². The van der Waals surface area contributed by atoms with Crippen LogP contribution in [-0.4, -0.2) is 40.1 Å². The van der Waals surface area contributed by atoms with Crippen molar-refractivity contribution in [1.82, 2.24) is 9.88 Å². The van der Waals surface area contributed by atoms with Crippen LogP contribution >= 0.6 is 0 Å². The Morgan fingerprint density at radius 2 is 2.00 bits per heavy atom. The number of pyridine rings is 1. The van der Waals surface area contributed by atoms with Gasteiger partial charge in [-0.15, -0.1) is 0 Å². The van der Waals surface area contributed by atoms with Gasteiger partial charge in [0.25, 0.3) is 5.91 Å². The number of fused-ring (bicyclic) bond motifs is 1. The van der Waals surface area contributed by atoms with Gasteiger partial charge in [-0.05, 0) is 43.9 Å². The van der Waals surface area contributed by atoms with E-state index in [2.05, 4.69) is 4.98 Å². The molecular weight excluding hydrogens is 352 g/mol. The standard InChI is InChI=1S/C23H28N2O3/c1-2-28-21-18(11-8-15-24-21)22(26)25-16-14-23(27,17-9-4-3-5-10-17)19-12-6-7-13-20(19)25/h3-5,8-11,15,19-20,27H,2,6-7,12-14,16H2,1H3/t19-,20+,23?/m1/s1. The van der Waals surface area contributed by atoms with Crippen LogP contribution in [0.2, 0.25) is 0 Å². The van der Waals surface area contributed by atoms with E-state index in [1.165, 1.54) is 0 Å². The second kappa shape index (κ2) is 7.92. The van der Waals surface area contributed by atoms with Crippen LogP contribution in [0.4, 0.5) is 0 Å². The number of hydrogen-bond acceptors (Lipinski definition) is 4. The van der Waals surface area contributed by atoms with Gasteiger partial charge in [-0.3, -0.25) is 4.79 Å². The lowest BCUT2D eigenvalue weighted by Gasteiger charge is -2.52. The molecule has 2 fully saturated rings. The minimum absolute atomic E-state index is 0.0369. The van der Waals surface area contributed by atoms with Crippen molar-refractivity contribution < 1.29 is 14.6 Å². The Labute approximate surface area is 166 Å². The summed E-state index contributed by atoms with van der Waals surface area (Å²) in [6.07, 6.45) is 6.24. The molecule has 148 valence electrons. The summed E-state index contributed by atoms with van der Waals surface area (Å²) in [5.41, 5.74) is 0.607. The maximum absolute atomic E-state index is 13.4. The second-order valence-electron chi connectivity index (χ2n) is 7.79. The molecule has 2 heterocycles. The van der Waals surface area contributed by atoms with Gasteiger partial charge in [-0.1, -0.05) is 43.2 Å². The summed E-state index contributed by atoms with van der Waals surface area (Å²) in [6, 6.07) is 13.6. The fourth-order valence-corrected chi connectivity index (χ4v) is 4.98. The smallest absolute Gasteiger partial charge is 0.259 e. The second-order valence-corrected chi connectivity index (χ2v) is 7.79. The van der Waals surface area contributed by atoms with E-state index >= 15 is 0 Å². The summed E-state index contributed by atoms with van der Waals surface area (Å²) in [7, 11) is 0. The molecule has 28 heavy (non-hydrogen) atoms. The predicted octanol–water partition coefficient (Wildman–Crippen LogP) is 3.77. The molecule has 1 aromatic carbocycles. The molecule has 1 aliphatic heterocycles. The largest absolute Gasteiger partial charge is 0.477 e. The number of benzene rings is 1. The van der Waals surface area contributed by atoms with Crippen LogP contribution in [0, 0.1) is 5.92 Å². The van der Waals surface area contributed by atoms with E-state index in [0.29, 0.717) is 31.0 Å². The van der Waals surface area contributed by atoms with Crippen molar-refractivity contribution >= 4 is 5.91 Å². The monoisotopic (exact) mass is 380 g/mol. The molecule has 2 aliphatic rings. The number of amides is 1. The lowest BCUT2D eigenvalue weighted by molar-refractivity contribution is -0.110. The molecule has 1 saturated carbocycles. The summed E-state index contributed by atoms with van der Waals surface area (Å²) in [5, 5.41) is 11.7. The Morgan fingerprint density at radius 3 is 2.79 bits per heavy atom. The van der Waals surface area contributed by atoms with Crippen molar-refractivity contribution in [2.45, 2.75) is 50.7 Å². The number of aromatic nitrogens is 1. The number of ether oxygens (including phenoxy) is 1. The molecule has 1 unspecified atom stereocenters. The minimum atomic E-state index is -0.874. The number of aliphatic hydroxyl groups is 1. The zero-order valence-electron chi connectivity index (χ0n) is 16.4. The quantitative estimate of drug-likeness (QED) is 0.877. The fraction of sp³-hybridized carbons (Fsp3) is 0.478. The molecule has 5 heteroatoms.